The quantitative estimate of drug-likeness (QED) is 0.297. The Hall–Kier alpha value is -3.36. The monoisotopic (exact) mass is 597 g/mol. The van der Waals surface area contributed by atoms with Crippen molar-refractivity contribution in [3.63, 3.8) is 0 Å². The summed E-state index contributed by atoms with van der Waals surface area (Å²) in [4.78, 5) is 29.1. The molecule has 41 heavy (non-hydrogen) atoms. The Bertz CT molecular complexity index is 1450. The van der Waals surface area contributed by atoms with E-state index in [2.05, 4.69) is 5.32 Å². The number of anilines is 1. The van der Waals surface area contributed by atoms with Crippen molar-refractivity contribution < 1.29 is 18.0 Å². The third kappa shape index (κ3) is 8.57. The first-order valence-electron chi connectivity index (χ1n) is 13.7. The van der Waals surface area contributed by atoms with Gasteiger partial charge in [-0.1, -0.05) is 72.6 Å². The Kier molecular flexibility index (Phi) is 10.6. The third-order valence-electron chi connectivity index (χ3n) is 6.70. The van der Waals surface area contributed by atoms with Crippen LogP contribution in [-0.2, 0) is 26.0 Å². The number of sulfonamides is 1. The van der Waals surface area contributed by atoms with E-state index in [1.807, 2.05) is 65.0 Å². The summed E-state index contributed by atoms with van der Waals surface area (Å²) in [6.07, 6.45) is 0.871. The van der Waals surface area contributed by atoms with Gasteiger partial charge in [-0.2, -0.15) is 0 Å². The van der Waals surface area contributed by atoms with Crippen molar-refractivity contribution in [1.82, 2.24) is 10.2 Å². The summed E-state index contributed by atoms with van der Waals surface area (Å²) in [6.45, 7) is 10.9. The second-order valence-corrected chi connectivity index (χ2v) is 13.5. The van der Waals surface area contributed by atoms with Gasteiger partial charge in [0.05, 0.1) is 10.6 Å². The van der Waals surface area contributed by atoms with Gasteiger partial charge in [-0.15, -0.1) is 0 Å². The Labute approximate surface area is 249 Å². The average Bonchev–Trinajstić information content (AvgIpc) is 2.90. The van der Waals surface area contributed by atoms with Crippen molar-refractivity contribution in [2.45, 2.75) is 70.9 Å². The molecule has 0 bridgehead atoms. The fourth-order valence-corrected chi connectivity index (χ4v) is 6.19. The molecular weight excluding hydrogens is 558 g/mol. The molecule has 0 spiro atoms. The van der Waals surface area contributed by atoms with Crippen LogP contribution in [0.5, 0.6) is 0 Å². The molecule has 0 aromatic heterocycles. The van der Waals surface area contributed by atoms with Crippen LogP contribution < -0.4 is 9.62 Å². The molecule has 1 atom stereocenters. The molecular formula is C32H40ClN3O4S. The summed E-state index contributed by atoms with van der Waals surface area (Å²) in [5.41, 5.74) is 2.37. The maximum atomic E-state index is 14.2. The number of carbonyl (C=O) groups is 2. The number of benzene rings is 3. The second-order valence-electron chi connectivity index (χ2n) is 11.2. The Morgan fingerprint density at radius 3 is 2.17 bits per heavy atom. The number of aryl methyl sites for hydroxylation is 2. The minimum absolute atomic E-state index is 0.0589. The lowest BCUT2D eigenvalue weighted by Crippen LogP contribution is -2.56. The van der Waals surface area contributed by atoms with Crippen LogP contribution in [0.3, 0.4) is 0 Å². The molecule has 0 heterocycles. The molecule has 0 saturated carbocycles. The molecule has 3 aromatic carbocycles. The summed E-state index contributed by atoms with van der Waals surface area (Å²) < 4.78 is 29.2. The summed E-state index contributed by atoms with van der Waals surface area (Å²) in [7, 11) is -4.16. The van der Waals surface area contributed by atoms with Crippen molar-refractivity contribution in [2.75, 3.05) is 17.4 Å². The minimum atomic E-state index is -4.16. The SMILES string of the molecule is CC[C@@H](C(=O)NC(C)(C)C)N(CCc1ccccc1)C(=O)CN(c1cc(Cl)ccc1C)S(=O)(=O)c1ccc(C)cc1. The van der Waals surface area contributed by atoms with Crippen LogP contribution in [0.2, 0.25) is 5.02 Å². The molecule has 2 amide bonds. The van der Waals surface area contributed by atoms with Crippen LogP contribution in [0.15, 0.2) is 77.7 Å². The number of amides is 2. The zero-order valence-electron chi connectivity index (χ0n) is 24.6. The highest BCUT2D eigenvalue weighted by atomic mass is 35.5. The molecule has 0 radical (unpaired) electrons. The standard InChI is InChI=1S/C32H40ClN3O4S/c1-7-28(31(38)34-32(4,5)6)35(20-19-25-11-9-8-10-12-25)30(37)22-36(29-21-26(33)16-15-24(29)3)41(39,40)27-17-13-23(2)14-18-27/h8-18,21,28H,7,19-20,22H2,1-6H3,(H,34,38)/t28-/m0/s1. The molecule has 1 N–H and O–H groups in total. The molecule has 0 unspecified atom stereocenters. The van der Waals surface area contributed by atoms with Crippen molar-refractivity contribution in [3.8, 4) is 0 Å². The smallest absolute Gasteiger partial charge is 0.264 e. The number of rotatable bonds is 11. The first-order valence-corrected chi connectivity index (χ1v) is 15.6. The first-order chi connectivity index (χ1) is 19.2. The Morgan fingerprint density at radius 2 is 1.59 bits per heavy atom. The van der Waals surface area contributed by atoms with E-state index in [0.717, 1.165) is 15.4 Å². The summed E-state index contributed by atoms with van der Waals surface area (Å²) in [5.74, 6) is -0.764. The largest absolute Gasteiger partial charge is 0.350 e. The van der Waals surface area contributed by atoms with E-state index in [1.165, 1.54) is 17.0 Å². The number of hydrogen-bond donors (Lipinski definition) is 1. The number of halogens is 1. The van der Waals surface area contributed by atoms with E-state index >= 15 is 0 Å². The number of carbonyl (C=O) groups excluding carboxylic acids is 2. The van der Waals surface area contributed by atoms with Crippen molar-refractivity contribution >= 4 is 39.1 Å². The van der Waals surface area contributed by atoms with Gasteiger partial charge < -0.3 is 10.2 Å². The van der Waals surface area contributed by atoms with Gasteiger partial charge in [0.2, 0.25) is 11.8 Å². The average molecular weight is 598 g/mol. The van der Waals surface area contributed by atoms with E-state index in [1.54, 1.807) is 37.3 Å². The zero-order valence-corrected chi connectivity index (χ0v) is 26.2. The van der Waals surface area contributed by atoms with E-state index < -0.39 is 34.1 Å². The summed E-state index contributed by atoms with van der Waals surface area (Å²) in [5, 5.41) is 3.33. The van der Waals surface area contributed by atoms with Gasteiger partial charge in [-0.25, -0.2) is 8.42 Å². The molecule has 0 aliphatic rings. The van der Waals surface area contributed by atoms with E-state index in [0.29, 0.717) is 29.1 Å². The highest BCUT2D eigenvalue weighted by Gasteiger charge is 2.34. The predicted molar refractivity (Wildman–Crippen MR) is 166 cm³/mol. The lowest BCUT2D eigenvalue weighted by molar-refractivity contribution is -0.140. The Morgan fingerprint density at radius 1 is 0.951 bits per heavy atom. The van der Waals surface area contributed by atoms with Crippen molar-refractivity contribution in [1.29, 1.82) is 0 Å². The second kappa shape index (κ2) is 13.5. The molecule has 0 aliphatic heterocycles. The van der Waals surface area contributed by atoms with Crippen molar-refractivity contribution in [2.24, 2.45) is 0 Å². The predicted octanol–water partition coefficient (Wildman–Crippen LogP) is 5.92. The van der Waals surface area contributed by atoms with Gasteiger partial charge in [-0.05, 0) is 82.9 Å². The first kappa shape index (κ1) is 32.2. The minimum Gasteiger partial charge on any atom is -0.350 e. The topological polar surface area (TPSA) is 86.8 Å². The van der Waals surface area contributed by atoms with Gasteiger partial charge in [-0.3, -0.25) is 13.9 Å². The van der Waals surface area contributed by atoms with Gasteiger partial charge >= 0.3 is 0 Å². The highest BCUT2D eigenvalue weighted by molar-refractivity contribution is 7.92. The Balaban J connectivity index is 2.06. The summed E-state index contributed by atoms with van der Waals surface area (Å²) >= 11 is 6.30. The van der Waals surface area contributed by atoms with Gasteiger partial charge in [0.15, 0.2) is 0 Å². The van der Waals surface area contributed by atoms with Gasteiger partial charge in [0, 0.05) is 17.1 Å². The highest BCUT2D eigenvalue weighted by Crippen LogP contribution is 2.30. The fourth-order valence-electron chi connectivity index (χ4n) is 4.55. The third-order valence-corrected chi connectivity index (χ3v) is 8.71. The van der Waals surface area contributed by atoms with Crippen LogP contribution in [0.1, 0.15) is 50.8 Å². The summed E-state index contributed by atoms with van der Waals surface area (Å²) in [6, 6.07) is 20.3. The van der Waals surface area contributed by atoms with Crippen LogP contribution in [0, 0.1) is 13.8 Å². The maximum absolute atomic E-state index is 14.2. The van der Waals surface area contributed by atoms with Crippen LogP contribution in [0.25, 0.3) is 0 Å². The normalized spacial score (nSPS) is 12.5. The van der Waals surface area contributed by atoms with Crippen LogP contribution >= 0.6 is 11.6 Å². The zero-order chi connectivity index (χ0) is 30.4. The van der Waals surface area contributed by atoms with E-state index in [4.69, 9.17) is 11.6 Å². The van der Waals surface area contributed by atoms with E-state index in [9.17, 15) is 18.0 Å². The number of nitrogens with one attached hydrogen (secondary N) is 1. The lowest BCUT2D eigenvalue weighted by atomic mass is 10.1. The van der Waals surface area contributed by atoms with E-state index in [-0.39, 0.29) is 17.3 Å². The number of nitrogens with zero attached hydrogens (tertiary/aromatic N) is 2. The van der Waals surface area contributed by atoms with Crippen LogP contribution in [0.4, 0.5) is 5.69 Å². The molecule has 9 heteroatoms. The molecule has 0 aliphatic carbocycles. The molecule has 0 fully saturated rings. The molecule has 7 nitrogen and oxygen atoms in total. The van der Waals surface area contributed by atoms with Gasteiger partial charge in [0.1, 0.15) is 12.6 Å². The van der Waals surface area contributed by atoms with Gasteiger partial charge in [0.25, 0.3) is 10.0 Å². The number of hydrogen-bond acceptors (Lipinski definition) is 4. The molecule has 0 saturated heterocycles. The molecule has 3 aromatic rings. The molecule has 220 valence electrons. The molecule has 3 rings (SSSR count). The lowest BCUT2D eigenvalue weighted by Gasteiger charge is -2.35. The van der Waals surface area contributed by atoms with Crippen molar-refractivity contribution in [3.05, 3.63) is 94.5 Å². The maximum Gasteiger partial charge on any atom is 0.264 e. The van der Waals surface area contributed by atoms with Crippen LogP contribution in [-0.4, -0.2) is 49.8 Å². The fraction of sp³-hybridized carbons (Fsp3) is 0.375.